The minimum absolute atomic E-state index is 0.383. The quantitative estimate of drug-likeness (QED) is 0.577. The summed E-state index contributed by atoms with van der Waals surface area (Å²) in [6.45, 7) is 7.18. The number of hydrogen-bond donors (Lipinski definition) is 0. The van der Waals surface area contributed by atoms with E-state index in [1.165, 1.54) is 35.2 Å². The van der Waals surface area contributed by atoms with Crippen LogP contribution in [0.4, 0.5) is 0 Å². The van der Waals surface area contributed by atoms with E-state index in [2.05, 4.69) is 54.3 Å². The van der Waals surface area contributed by atoms with Crippen molar-refractivity contribution >= 4 is 11.6 Å². The molecular weight excluding hydrogens is 368 g/mol. The number of aromatic nitrogens is 3. The molecule has 3 aromatic rings. The van der Waals surface area contributed by atoms with Gasteiger partial charge in [-0.25, -0.2) is 0 Å². The first-order valence-corrected chi connectivity index (χ1v) is 10.5. The summed E-state index contributed by atoms with van der Waals surface area (Å²) >= 11 is 6.02. The number of benzene rings is 1. The van der Waals surface area contributed by atoms with Crippen LogP contribution in [0.15, 0.2) is 48.8 Å². The molecular formula is C23H27ClN4. The lowest BCUT2D eigenvalue weighted by molar-refractivity contribution is 0.244. The zero-order valence-corrected chi connectivity index (χ0v) is 17.4. The van der Waals surface area contributed by atoms with Gasteiger partial charge in [0, 0.05) is 35.6 Å². The summed E-state index contributed by atoms with van der Waals surface area (Å²) in [6, 6.07) is 13.0. The average Bonchev–Trinajstić information content (AvgIpc) is 3.33. The van der Waals surface area contributed by atoms with Gasteiger partial charge in [0.05, 0.1) is 17.9 Å². The molecule has 1 aliphatic rings. The van der Waals surface area contributed by atoms with E-state index in [1.807, 2.05) is 23.0 Å². The summed E-state index contributed by atoms with van der Waals surface area (Å²) in [7, 11) is 0. The molecule has 0 amide bonds. The maximum Gasteiger partial charge on any atom is 0.0581 e. The van der Waals surface area contributed by atoms with Crippen LogP contribution in [-0.4, -0.2) is 26.2 Å². The minimum atomic E-state index is 0.383. The number of likely N-dealkylation sites (tertiary alicyclic amines) is 1. The number of halogens is 1. The lowest BCUT2D eigenvalue weighted by Crippen LogP contribution is -2.23. The van der Waals surface area contributed by atoms with Crippen LogP contribution in [0.5, 0.6) is 0 Å². The number of aryl methyl sites for hydroxylation is 2. The van der Waals surface area contributed by atoms with Gasteiger partial charge in [-0.15, -0.1) is 0 Å². The zero-order valence-electron chi connectivity index (χ0n) is 16.6. The first kappa shape index (κ1) is 19.2. The normalized spacial score (nSPS) is 17.3. The van der Waals surface area contributed by atoms with Crippen LogP contribution in [0, 0.1) is 6.92 Å². The fourth-order valence-corrected chi connectivity index (χ4v) is 4.25. The van der Waals surface area contributed by atoms with Crippen LogP contribution >= 0.6 is 11.6 Å². The van der Waals surface area contributed by atoms with Crippen molar-refractivity contribution in [1.29, 1.82) is 0 Å². The van der Waals surface area contributed by atoms with Crippen molar-refractivity contribution in [2.45, 2.75) is 52.2 Å². The highest BCUT2D eigenvalue weighted by Gasteiger charge is 2.27. The smallest absolute Gasteiger partial charge is 0.0581 e. The van der Waals surface area contributed by atoms with Gasteiger partial charge >= 0.3 is 0 Å². The van der Waals surface area contributed by atoms with Gasteiger partial charge in [-0.2, -0.15) is 5.10 Å². The lowest BCUT2D eigenvalue weighted by atomic mass is 10.0. The molecule has 1 aromatic carbocycles. The van der Waals surface area contributed by atoms with Crippen molar-refractivity contribution in [3.05, 3.63) is 81.9 Å². The van der Waals surface area contributed by atoms with Gasteiger partial charge in [0.2, 0.25) is 0 Å². The summed E-state index contributed by atoms with van der Waals surface area (Å²) in [5.41, 5.74) is 6.16. The maximum absolute atomic E-state index is 6.02. The second-order valence-electron chi connectivity index (χ2n) is 7.68. The van der Waals surface area contributed by atoms with E-state index in [1.54, 1.807) is 0 Å². The third-order valence-corrected chi connectivity index (χ3v) is 5.71. The highest BCUT2D eigenvalue weighted by Crippen LogP contribution is 2.33. The molecule has 0 radical (unpaired) electrons. The molecule has 4 nitrogen and oxygen atoms in total. The predicted molar refractivity (Wildman–Crippen MR) is 114 cm³/mol. The molecule has 3 heterocycles. The van der Waals surface area contributed by atoms with E-state index in [9.17, 15) is 0 Å². The van der Waals surface area contributed by atoms with Crippen LogP contribution in [0.25, 0.3) is 0 Å². The standard InChI is InChI=1S/C23H27ClN4/c1-3-28-16-20(14-25-28)15-27-10-4-5-23(27)22-13-19(11-17(2)26-22)12-18-6-8-21(24)9-7-18/h6-9,11,13-14,16,23H,3-5,10,12,15H2,1-2H3. The van der Waals surface area contributed by atoms with E-state index in [0.29, 0.717) is 6.04 Å². The minimum Gasteiger partial charge on any atom is -0.290 e. The molecule has 146 valence electrons. The molecule has 1 saturated heterocycles. The Hall–Kier alpha value is -2.17. The molecule has 0 bridgehead atoms. The molecule has 1 aliphatic heterocycles. The second kappa shape index (κ2) is 8.46. The summed E-state index contributed by atoms with van der Waals surface area (Å²) in [6.07, 6.45) is 7.44. The monoisotopic (exact) mass is 394 g/mol. The highest BCUT2D eigenvalue weighted by molar-refractivity contribution is 6.30. The van der Waals surface area contributed by atoms with Crippen molar-refractivity contribution in [3.8, 4) is 0 Å². The van der Waals surface area contributed by atoms with Crippen molar-refractivity contribution in [2.24, 2.45) is 0 Å². The average molecular weight is 395 g/mol. The fourth-order valence-electron chi connectivity index (χ4n) is 4.12. The second-order valence-corrected chi connectivity index (χ2v) is 8.11. The maximum atomic E-state index is 6.02. The Morgan fingerprint density at radius 1 is 1.11 bits per heavy atom. The Labute approximate surface area is 172 Å². The van der Waals surface area contributed by atoms with E-state index in [-0.39, 0.29) is 0 Å². The number of hydrogen-bond acceptors (Lipinski definition) is 3. The summed E-state index contributed by atoms with van der Waals surface area (Å²) in [5.74, 6) is 0. The molecule has 0 saturated carbocycles. The van der Waals surface area contributed by atoms with Crippen LogP contribution in [0.2, 0.25) is 5.02 Å². The lowest BCUT2D eigenvalue weighted by Gasteiger charge is -2.24. The van der Waals surface area contributed by atoms with Gasteiger partial charge in [0.25, 0.3) is 0 Å². The van der Waals surface area contributed by atoms with Gasteiger partial charge in [-0.1, -0.05) is 23.7 Å². The highest BCUT2D eigenvalue weighted by atomic mass is 35.5. The number of nitrogens with zero attached hydrogens (tertiary/aromatic N) is 4. The summed E-state index contributed by atoms with van der Waals surface area (Å²) in [5, 5.41) is 5.20. The molecule has 5 heteroatoms. The zero-order chi connectivity index (χ0) is 19.5. The van der Waals surface area contributed by atoms with Gasteiger partial charge in [0.15, 0.2) is 0 Å². The Kier molecular flexibility index (Phi) is 5.79. The topological polar surface area (TPSA) is 34.0 Å². The first-order chi connectivity index (χ1) is 13.6. The van der Waals surface area contributed by atoms with Gasteiger partial charge in [0.1, 0.15) is 0 Å². The van der Waals surface area contributed by atoms with E-state index in [0.717, 1.165) is 36.8 Å². The molecule has 1 unspecified atom stereocenters. The van der Waals surface area contributed by atoms with Gasteiger partial charge < -0.3 is 0 Å². The predicted octanol–water partition coefficient (Wildman–Crippen LogP) is 5.19. The third-order valence-electron chi connectivity index (χ3n) is 5.46. The van der Waals surface area contributed by atoms with Crippen LogP contribution in [0.3, 0.4) is 0 Å². The molecule has 1 fully saturated rings. The molecule has 0 N–H and O–H groups in total. The Balaban J connectivity index is 1.53. The van der Waals surface area contributed by atoms with E-state index < -0.39 is 0 Å². The van der Waals surface area contributed by atoms with E-state index in [4.69, 9.17) is 16.6 Å². The van der Waals surface area contributed by atoms with Crippen LogP contribution in [0.1, 0.15) is 53.9 Å². The van der Waals surface area contributed by atoms with Crippen LogP contribution < -0.4 is 0 Å². The first-order valence-electron chi connectivity index (χ1n) is 10.1. The summed E-state index contributed by atoms with van der Waals surface area (Å²) < 4.78 is 2.00. The molecule has 28 heavy (non-hydrogen) atoms. The Bertz CT molecular complexity index is 932. The Morgan fingerprint density at radius 2 is 1.93 bits per heavy atom. The van der Waals surface area contributed by atoms with Crippen molar-refractivity contribution in [2.75, 3.05) is 6.54 Å². The van der Waals surface area contributed by atoms with Crippen molar-refractivity contribution in [1.82, 2.24) is 19.7 Å². The summed E-state index contributed by atoms with van der Waals surface area (Å²) in [4.78, 5) is 7.45. The van der Waals surface area contributed by atoms with Crippen molar-refractivity contribution in [3.63, 3.8) is 0 Å². The largest absolute Gasteiger partial charge is 0.290 e. The molecule has 0 spiro atoms. The SMILES string of the molecule is CCn1cc(CN2CCCC2c2cc(Cc3ccc(Cl)cc3)cc(C)n2)cn1. The number of pyridine rings is 1. The van der Waals surface area contributed by atoms with Crippen molar-refractivity contribution < 1.29 is 0 Å². The molecule has 4 rings (SSSR count). The molecule has 2 aromatic heterocycles. The van der Waals surface area contributed by atoms with Crippen LogP contribution in [-0.2, 0) is 19.5 Å². The molecule has 1 atom stereocenters. The van der Waals surface area contributed by atoms with Gasteiger partial charge in [-0.3, -0.25) is 14.6 Å². The number of rotatable bonds is 6. The van der Waals surface area contributed by atoms with E-state index >= 15 is 0 Å². The van der Waals surface area contributed by atoms with Gasteiger partial charge in [-0.05, 0) is 75.0 Å². The molecule has 0 aliphatic carbocycles. The fraction of sp³-hybridized carbons (Fsp3) is 0.391. The Morgan fingerprint density at radius 3 is 2.68 bits per heavy atom. The third kappa shape index (κ3) is 4.45.